The molecule has 0 aliphatic heterocycles. The molecule has 2 N–H and O–H groups in total. The van der Waals surface area contributed by atoms with Crippen LogP contribution in [0.1, 0.15) is 27.7 Å². The van der Waals surface area contributed by atoms with Gasteiger partial charge in [-0.25, -0.2) is 4.57 Å². The van der Waals surface area contributed by atoms with Gasteiger partial charge in [-0.15, -0.1) is 0 Å². The maximum Gasteiger partial charge on any atom is 0.459 e. The molecule has 0 aliphatic rings. The van der Waals surface area contributed by atoms with Crippen LogP contribution < -0.4 is 0 Å². The first kappa shape index (κ1) is 15.3. The van der Waals surface area contributed by atoms with Crippen molar-refractivity contribution in [2.45, 2.75) is 46.3 Å². The van der Waals surface area contributed by atoms with Crippen LogP contribution in [0.25, 0.3) is 0 Å². The van der Waals surface area contributed by atoms with E-state index >= 15 is 0 Å². The van der Waals surface area contributed by atoms with Crippen molar-refractivity contribution in [2.24, 2.45) is 11.8 Å². The Labute approximate surface area is 93.4 Å². The van der Waals surface area contributed by atoms with Crippen LogP contribution >= 0.6 is 7.82 Å². The molecule has 0 saturated carbocycles. The van der Waals surface area contributed by atoms with Gasteiger partial charge in [-0.1, -0.05) is 27.7 Å². The lowest BCUT2D eigenvalue weighted by Gasteiger charge is -2.37. The highest BCUT2D eigenvalue weighted by Crippen LogP contribution is 2.47. The monoisotopic (exact) mass is 254 g/mol. The second kappa shape index (κ2) is 5.10. The fraction of sp³-hybridized carbons (Fsp3) is 1.00. The summed E-state index contributed by atoms with van der Waals surface area (Å²) in [4.78, 5) is 17.8. The van der Waals surface area contributed by atoms with Crippen molar-refractivity contribution in [3.05, 3.63) is 0 Å². The summed E-state index contributed by atoms with van der Waals surface area (Å²) in [6.45, 7) is 12.0. The van der Waals surface area contributed by atoms with E-state index in [0.717, 1.165) is 0 Å². The minimum atomic E-state index is -4.36. The van der Waals surface area contributed by atoms with Gasteiger partial charge in [0.1, 0.15) is 0 Å². The molecule has 0 heterocycles. The first-order valence-corrected chi connectivity index (χ1v) is 9.75. The minimum Gasteiger partial charge on any atom is -0.330 e. The third kappa shape index (κ3) is 5.27. The summed E-state index contributed by atoms with van der Waals surface area (Å²) >= 11 is 0. The SMILES string of the molecule is CC(C)C(C(C)C)[Si](C)(C)OP(=O)(O)O. The van der Waals surface area contributed by atoms with Crippen LogP contribution in [-0.2, 0) is 8.78 Å². The van der Waals surface area contributed by atoms with Crippen molar-refractivity contribution in [3.8, 4) is 0 Å². The lowest BCUT2D eigenvalue weighted by atomic mass is 10.00. The van der Waals surface area contributed by atoms with Crippen molar-refractivity contribution < 1.29 is 18.6 Å². The van der Waals surface area contributed by atoms with Gasteiger partial charge in [0.05, 0.1) is 0 Å². The van der Waals surface area contributed by atoms with Crippen molar-refractivity contribution >= 4 is 16.1 Å². The average Bonchev–Trinajstić information content (AvgIpc) is 1.74. The van der Waals surface area contributed by atoms with Crippen LogP contribution in [0.3, 0.4) is 0 Å². The average molecular weight is 254 g/mol. The molecular weight excluding hydrogens is 231 g/mol. The zero-order valence-electron chi connectivity index (χ0n) is 10.4. The third-order valence-electron chi connectivity index (χ3n) is 2.59. The molecule has 0 radical (unpaired) electrons. The molecule has 0 atom stereocenters. The highest BCUT2D eigenvalue weighted by atomic mass is 31.2. The fourth-order valence-corrected chi connectivity index (χ4v) is 8.89. The number of phosphoric acid groups is 1. The zero-order chi connectivity index (χ0) is 12.4. The van der Waals surface area contributed by atoms with Gasteiger partial charge in [0, 0.05) is 0 Å². The van der Waals surface area contributed by atoms with Gasteiger partial charge in [0.2, 0.25) is 8.32 Å². The molecule has 0 aromatic heterocycles. The number of hydrogen-bond donors (Lipinski definition) is 2. The van der Waals surface area contributed by atoms with Crippen molar-refractivity contribution in [1.29, 1.82) is 0 Å². The first-order chi connectivity index (χ1) is 6.47. The second-order valence-corrected chi connectivity index (χ2v) is 10.8. The maximum atomic E-state index is 10.9. The Morgan fingerprint density at radius 1 is 1.07 bits per heavy atom. The van der Waals surface area contributed by atoms with Crippen LogP contribution in [0.4, 0.5) is 0 Å². The molecule has 0 fully saturated rings. The Hall–Kier alpha value is 0.327. The number of hydrogen-bond acceptors (Lipinski definition) is 2. The van der Waals surface area contributed by atoms with E-state index in [1.165, 1.54) is 0 Å². The normalized spacial score (nSPS) is 14.3. The second-order valence-electron chi connectivity index (χ2n) is 5.20. The van der Waals surface area contributed by atoms with E-state index in [9.17, 15) is 4.57 Å². The molecule has 92 valence electrons. The molecule has 0 aromatic carbocycles. The Balaban J connectivity index is 4.88. The van der Waals surface area contributed by atoms with E-state index in [0.29, 0.717) is 11.8 Å². The molecule has 0 amide bonds. The quantitative estimate of drug-likeness (QED) is 0.584. The first-order valence-electron chi connectivity index (χ1n) is 5.23. The molecule has 0 aromatic rings. The minimum absolute atomic E-state index is 0.241. The fourth-order valence-electron chi connectivity index (χ4n) is 2.74. The molecule has 0 saturated heterocycles. The topological polar surface area (TPSA) is 66.8 Å². The van der Waals surface area contributed by atoms with Gasteiger partial charge < -0.3 is 14.0 Å². The summed E-state index contributed by atoms with van der Waals surface area (Å²) in [6, 6.07) is 0. The summed E-state index contributed by atoms with van der Waals surface area (Å²) in [5.74, 6) is 0.747. The summed E-state index contributed by atoms with van der Waals surface area (Å²) < 4.78 is 15.9. The predicted molar refractivity (Wildman–Crippen MR) is 64.0 cm³/mol. The van der Waals surface area contributed by atoms with E-state index in [-0.39, 0.29) is 5.54 Å². The summed E-state index contributed by atoms with van der Waals surface area (Å²) in [5, 5.41) is 0. The molecule has 0 aliphatic carbocycles. The maximum absolute atomic E-state index is 10.9. The van der Waals surface area contributed by atoms with Crippen LogP contribution in [0, 0.1) is 11.8 Å². The molecule has 4 nitrogen and oxygen atoms in total. The van der Waals surface area contributed by atoms with E-state index in [4.69, 9.17) is 14.0 Å². The van der Waals surface area contributed by atoms with Crippen molar-refractivity contribution in [1.82, 2.24) is 0 Å². The largest absolute Gasteiger partial charge is 0.459 e. The lowest BCUT2D eigenvalue weighted by Crippen LogP contribution is -2.40. The predicted octanol–water partition coefficient (Wildman–Crippen LogP) is 2.98. The zero-order valence-corrected chi connectivity index (χ0v) is 12.3. The van der Waals surface area contributed by atoms with Gasteiger partial charge in [-0.05, 0) is 30.5 Å². The third-order valence-corrected chi connectivity index (χ3v) is 8.37. The van der Waals surface area contributed by atoms with Crippen molar-refractivity contribution in [2.75, 3.05) is 0 Å². The van der Waals surface area contributed by atoms with Gasteiger partial charge in [-0.3, -0.25) is 0 Å². The van der Waals surface area contributed by atoms with E-state index in [1.807, 2.05) is 13.1 Å². The van der Waals surface area contributed by atoms with Gasteiger partial charge in [0.15, 0.2) is 0 Å². The smallest absolute Gasteiger partial charge is 0.330 e. The van der Waals surface area contributed by atoms with Gasteiger partial charge in [0.25, 0.3) is 0 Å². The van der Waals surface area contributed by atoms with E-state index in [2.05, 4.69) is 27.7 Å². The van der Waals surface area contributed by atoms with Gasteiger partial charge in [-0.2, -0.15) is 0 Å². The summed E-state index contributed by atoms with van der Waals surface area (Å²) in [7, 11) is -6.72. The molecule has 15 heavy (non-hydrogen) atoms. The van der Waals surface area contributed by atoms with Crippen LogP contribution in [0.5, 0.6) is 0 Å². The number of rotatable bonds is 5. The molecule has 0 unspecified atom stereocenters. The molecule has 0 rings (SSSR count). The van der Waals surface area contributed by atoms with Crippen LogP contribution in [0.2, 0.25) is 18.6 Å². The molecule has 6 heteroatoms. The Bertz CT molecular complexity index is 238. The van der Waals surface area contributed by atoms with Crippen molar-refractivity contribution in [3.63, 3.8) is 0 Å². The summed E-state index contributed by atoms with van der Waals surface area (Å²) in [5.41, 5.74) is 0.241. The van der Waals surface area contributed by atoms with Crippen LogP contribution in [-0.4, -0.2) is 18.1 Å². The molecule has 0 spiro atoms. The highest BCUT2D eigenvalue weighted by Gasteiger charge is 2.42. The summed E-state index contributed by atoms with van der Waals surface area (Å²) in [6.07, 6.45) is 0. The Morgan fingerprint density at radius 2 is 1.40 bits per heavy atom. The lowest BCUT2D eigenvalue weighted by molar-refractivity contribution is 0.269. The highest BCUT2D eigenvalue weighted by molar-refractivity contribution is 7.48. The van der Waals surface area contributed by atoms with E-state index < -0.39 is 16.1 Å². The van der Waals surface area contributed by atoms with E-state index in [1.54, 1.807) is 0 Å². The molecule has 0 bridgehead atoms. The van der Waals surface area contributed by atoms with Crippen LogP contribution in [0.15, 0.2) is 0 Å². The standard InChI is InChI=1S/C9H23O4PSi/c1-7(2)9(8(3)4)15(5,6)13-14(10,11)12/h7-9H,1-6H3,(H2,10,11,12). The molecular formula is C9H23O4PSi. The Morgan fingerprint density at radius 3 is 1.60 bits per heavy atom. The Kier molecular flexibility index (Phi) is 5.22. The van der Waals surface area contributed by atoms with Gasteiger partial charge >= 0.3 is 7.82 Å².